The first-order chi connectivity index (χ1) is 10.2. The van der Waals surface area contributed by atoms with Gasteiger partial charge in [0.1, 0.15) is 0 Å². The van der Waals surface area contributed by atoms with E-state index < -0.39 is 0 Å². The van der Waals surface area contributed by atoms with Crippen LogP contribution in [0, 0.1) is 0 Å². The van der Waals surface area contributed by atoms with Crippen molar-refractivity contribution in [3.8, 4) is 0 Å². The van der Waals surface area contributed by atoms with Crippen molar-refractivity contribution in [3.63, 3.8) is 0 Å². The van der Waals surface area contributed by atoms with Gasteiger partial charge in [-0.1, -0.05) is 18.2 Å². The Morgan fingerprint density at radius 2 is 2.14 bits per heavy atom. The molecule has 0 radical (unpaired) electrons. The van der Waals surface area contributed by atoms with Crippen molar-refractivity contribution in [1.29, 1.82) is 0 Å². The molecule has 4 rings (SSSR count). The number of nitrogens with one attached hydrogen (secondary N) is 2. The van der Waals surface area contributed by atoms with Crippen LogP contribution < -0.4 is 10.6 Å². The van der Waals surface area contributed by atoms with E-state index in [0.717, 1.165) is 27.7 Å². The Bertz CT molecular complexity index is 715. The number of hydrogen-bond acceptors (Lipinski definition) is 3. The highest BCUT2D eigenvalue weighted by Gasteiger charge is 2.39. The number of fused-ring (bicyclic) bond motifs is 3. The van der Waals surface area contributed by atoms with E-state index in [1.165, 1.54) is 12.8 Å². The molecule has 2 N–H and O–H groups in total. The largest absolute Gasteiger partial charge is 0.348 e. The van der Waals surface area contributed by atoms with Gasteiger partial charge >= 0.3 is 0 Å². The van der Waals surface area contributed by atoms with Crippen molar-refractivity contribution in [2.24, 2.45) is 0 Å². The molecule has 2 aromatic carbocycles. The predicted molar refractivity (Wildman–Crippen MR) is 87.0 cm³/mol. The van der Waals surface area contributed by atoms with Crippen LogP contribution in [-0.2, 0) is 0 Å². The lowest BCUT2D eigenvalue weighted by molar-refractivity contribution is 0.0931. The molecular weight excluding hydrogens is 280 g/mol. The quantitative estimate of drug-likeness (QED) is 0.746. The van der Waals surface area contributed by atoms with Gasteiger partial charge in [-0.3, -0.25) is 4.79 Å². The van der Waals surface area contributed by atoms with E-state index in [1.54, 1.807) is 0 Å². The first-order valence-electron chi connectivity index (χ1n) is 7.49. The van der Waals surface area contributed by atoms with Crippen molar-refractivity contribution in [3.05, 3.63) is 42.0 Å². The molecule has 2 bridgehead atoms. The number of benzene rings is 2. The van der Waals surface area contributed by atoms with Crippen LogP contribution in [0.4, 0.5) is 0 Å². The molecule has 3 nitrogen and oxygen atoms in total. The van der Waals surface area contributed by atoms with Gasteiger partial charge in [0.05, 0.1) is 0 Å². The van der Waals surface area contributed by atoms with Crippen LogP contribution in [0.25, 0.3) is 10.8 Å². The third-order valence-corrected chi connectivity index (χ3v) is 5.13. The summed E-state index contributed by atoms with van der Waals surface area (Å²) in [6, 6.07) is 13.1. The zero-order valence-electron chi connectivity index (χ0n) is 11.7. The summed E-state index contributed by atoms with van der Waals surface area (Å²) in [6.07, 6.45) is 3.48. The average molecular weight is 298 g/mol. The molecule has 108 valence electrons. The Morgan fingerprint density at radius 1 is 1.24 bits per heavy atom. The van der Waals surface area contributed by atoms with E-state index >= 15 is 0 Å². The molecule has 1 amide bonds. The normalized spacial score (nSPS) is 27.2. The van der Waals surface area contributed by atoms with Crippen molar-refractivity contribution < 1.29 is 4.79 Å². The van der Waals surface area contributed by atoms with Gasteiger partial charge in [-0.25, -0.2) is 0 Å². The van der Waals surface area contributed by atoms with Crippen molar-refractivity contribution >= 4 is 29.3 Å². The second kappa shape index (κ2) is 5.04. The highest BCUT2D eigenvalue weighted by molar-refractivity contribution is 7.80. The molecule has 4 heteroatoms. The first-order valence-corrected chi connectivity index (χ1v) is 7.94. The minimum atomic E-state index is 0.0285. The van der Waals surface area contributed by atoms with Crippen LogP contribution in [-0.4, -0.2) is 24.0 Å². The molecule has 0 spiro atoms. The third kappa shape index (κ3) is 2.32. The molecule has 2 aromatic rings. The van der Waals surface area contributed by atoms with Gasteiger partial charge in [0, 0.05) is 28.6 Å². The third-order valence-electron chi connectivity index (χ3n) is 4.74. The Morgan fingerprint density at radius 3 is 2.90 bits per heavy atom. The summed E-state index contributed by atoms with van der Waals surface area (Å²) in [5, 5.41) is 8.87. The Hall–Kier alpha value is -1.52. The minimum absolute atomic E-state index is 0.0285. The van der Waals surface area contributed by atoms with Crippen molar-refractivity contribution in [1.82, 2.24) is 10.6 Å². The highest BCUT2D eigenvalue weighted by atomic mass is 32.1. The van der Waals surface area contributed by atoms with Gasteiger partial charge in [-0.2, -0.15) is 0 Å². The molecule has 0 saturated carbocycles. The molecule has 21 heavy (non-hydrogen) atoms. The van der Waals surface area contributed by atoms with E-state index in [9.17, 15) is 4.79 Å². The zero-order chi connectivity index (χ0) is 14.4. The molecule has 0 unspecified atom stereocenters. The maximum absolute atomic E-state index is 12.4. The van der Waals surface area contributed by atoms with Crippen molar-refractivity contribution in [2.75, 3.05) is 0 Å². The van der Waals surface area contributed by atoms with E-state index in [-0.39, 0.29) is 11.9 Å². The summed E-state index contributed by atoms with van der Waals surface area (Å²) >= 11 is 4.45. The summed E-state index contributed by atoms with van der Waals surface area (Å²) in [4.78, 5) is 13.4. The second-order valence-electron chi connectivity index (χ2n) is 6.08. The van der Waals surface area contributed by atoms with Crippen LogP contribution in [0.1, 0.15) is 29.6 Å². The van der Waals surface area contributed by atoms with Crippen molar-refractivity contribution in [2.45, 2.75) is 42.3 Å². The predicted octanol–water partition coefficient (Wildman–Crippen LogP) is 2.75. The maximum atomic E-state index is 12.4. The number of carbonyl (C=O) groups excluding carboxylic acids is 1. The molecular formula is C17H18N2OS. The molecule has 2 heterocycles. The summed E-state index contributed by atoms with van der Waals surface area (Å²) in [5.41, 5.74) is 0.726. The van der Waals surface area contributed by atoms with E-state index in [0.29, 0.717) is 12.1 Å². The monoisotopic (exact) mass is 298 g/mol. The molecule has 2 aliphatic rings. The maximum Gasteiger partial charge on any atom is 0.251 e. The fourth-order valence-corrected chi connectivity index (χ4v) is 3.93. The lowest BCUT2D eigenvalue weighted by Crippen LogP contribution is -2.42. The highest BCUT2D eigenvalue weighted by Crippen LogP contribution is 2.28. The topological polar surface area (TPSA) is 41.1 Å². The summed E-state index contributed by atoms with van der Waals surface area (Å²) < 4.78 is 0. The van der Waals surface area contributed by atoms with Crippen LogP contribution in [0.5, 0.6) is 0 Å². The van der Waals surface area contributed by atoms with Crippen LogP contribution in [0.15, 0.2) is 41.3 Å². The smallest absolute Gasteiger partial charge is 0.251 e. The fraction of sp³-hybridized carbons (Fsp3) is 0.353. The number of amides is 1. The molecule has 2 saturated heterocycles. The zero-order valence-corrected chi connectivity index (χ0v) is 12.6. The number of thiol groups is 1. The average Bonchev–Trinajstić information content (AvgIpc) is 3.09. The van der Waals surface area contributed by atoms with Gasteiger partial charge in [0.15, 0.2) is 0 Å². The lowest BCUT2D eigenvalue weighted by atomic mass is 9.95. The van der Waals surface area contributed by atoms with Crippen LogP contribution in [0.3, 0.4) is 0 Å². The van der Waals surface area contributed by atoms with Gasteiger partial charge < -0.3 is 10.6 Å². The number of hydrogen-bond donors (Lipinski definition) is 3. The standard InChI is InChI=1S/C17H18N2OS/c20-17(19-15-9-12-5-7-14(15)18-12)11-4-6-13-10(8-11)2-1-3-16(13)21/h1-4,6,8,12,14-15,18,21H,5,7,9H2,(H,19,20)/t12-,14+,15-/m1/s1. The molecule has 2 aliphatic heterocycles. The molecule has 0 aliphatic carbocycles. The minimum Gasteiger partial charge on any atom is -0.348 e. The lowest BCUT2D eigenvalue weighted by Gasteiger charge is -2.21. The molecule has 2 fully saturated rings. The van der Waals surface area contributed by atoms with Crippen LogP contribution >= 0.6 is 12.6 Å². The van der Waals surface area contributed by atoms with Gasteiger partial charge in [-0.05, 0) is 48.2 Å². The van der Waals surface area contributed by atoms with E-state index in [4.69, 9.17) is 0 Å². The Balaban J connectivity index is 1.57. The van der Waals surface area contributed by atoms with Gasteiger partial charge in [-0.15, -0.1) is 12.6 Å². The van der Waals surface area contributed by atoms with Gasteiger partial charge in [0.2, 0.25) is 0 Å². The molecule has 0 aromatic heterocycles. The van der Waals surface area contributed by atoms with E-state index in [1.807, 2.05) is 36.4 Å². The number of rotatable bonds is 2. The van der Waals surface area contributed by atoms with E-state index in [2.05, 4.69) is 23.3 Å². The summed E-state index contributed by atoms with van der Waals surface area (Å²) in [7, 11) is 0. The Kier molecular flexibility index (Phi) is 3.16. The first kappa shape index (κ1) is 13.2. The fourth-order valence-electron chi connectivity index (χ4n) is 3.64. The van der Waals surface area contributed by atoms with Crippen LogP contribution in [0.2, 0.25) is 0 Å². The number of carbonyl (C=O) groups is 1. The molecule has 3 atom stereocenters. The Labute approximate surface area is 129 Å². The summed E-state index contributed by atoms with van der Waals surface area (Å²) in [6.45, 7) is 0. The summed E-state index contributed by atoms with van der Waals surface area (Å²) in [5.74, 6) is 0.0285. The van der Waals surface area contributed by atoms with Gasteiger partial charge in [0.25, 0.3) is 5.91 Å². The SMILES string of the molecule is O=C(N[C@@H]1C[C@H]2CC[C@@H]1N2)c1ccc2c(S)cccc2c1. The second-order valence-corrected chi connectivity index (χ2v) is 6.56.